The van der Waals surface area contributed by atoms with Gasteiger partial charge in [0.2, 0.25) is 0 Å². The molecular formula is C24H33ClN2. The van der Waals surface area contributed by atoms with Gasteiger partial charge in [-0.25, -0.2) is 0 Å². The van der Waals surface area contributed by atoms with Crippen molar-refractivity contribution in [3.05, 3.63) is 69.5 Å². The Bertz CT molecular complexity index is 775. The van der Waals surface area contributed by atoms with Crippen LogP contribution >= 0.6 is 11.6 Å². The lowest BCUT2D eigenvalue weighted by Crippen LogP contribution is -2.27. The van der Waals surface area contributed by atoms with Crippen LogP contribution < -0.4 is 0 Å². The maximum Gasteiger partial charge on any atom is 0.0412 e. The van der Waals surface area contributed by atoms with E-state index in [1.165, 1.54) is 27.8 Å². The Balaban J connectivity index is 0.000000208. The lowest BCUT2D eigenvalue weighted by molar-refractivity contribution is 0.366. The molecule has 1 aliphatic rings. The van der Waals surface area contributed by atoms with Crippen molar-refractivity contribution in [1.29, 1.82) is 0 Å². The van der Waals surface area contributed by atoms with Crippen LogP contribution in [0.3, 0.4) is 0 Å². The Morgan fingerprint density at radius 1 is 1.11 bits per heavy atom. The highest BCUT2D eigenvalue weighted by Gasteiger charge is 2.16. The molecule has 2 heterocycles. The number of aromatic nitrogens is 1. The van der Waals surface area contributed by atoms with E-state index in [0.717, 1.165) is 42.6 Å². The predicted molar refractivity (Wildman–Crippen MR) is 118 cm³/mol. The van der Waals surface area contributed by atoms with Crippen molar-refractivity contribution in [2.24, 2.45) is 5.92 Å². The van der Waals surface area contributed by atoms with E-state index in [1.807, 2.05) is 19.2 Å². The molecule has 2 nitrogen and oxygen atoms in total. The van der Waals surface area contributed by atoms with Crippen molar-refractivity contribution in [2.45, 2.75) is 47.5 Å². The number of pyridine rings is 1. The van der Waals surface area contributed by atoms with Gasteiger partial charge in [-0.3, -0.25) is 4.98 Å². The third kappa shape index (κ3) is 6.79. The van der Waals surface area contributed by atoms with Gasteiger partial charge < -0.3 is 4.90 Å². The van der Waals surface area contributed by atoms with E-state index in [-0.39, 0.29) is 0 Å². The van der Waals surface area contributed by atoms with Crippen LogP contribution in [0.15, 0.2) is 42.1 Å². The van der Waals surface area contributed by atoms with Crippen LogP contribution in [0.4, 0.5) is 0 Å². The molecule has 0 amide bonds. The summed E-state index contributed by atoms with van der Waals surface area (Å²) in [5.41, 5.74) is 8.02. The molecule has 2 aromatic rings. The van der Waals surface area contributed by atoms with E-state index in [0.29, 0.717) is 0 Å². The zero-order valence-electron chi connectivity index (χ0n) is 17.6. The van der Waals surface area contributed by atoms with Gasteiger partial charge in [0.05, 0.1) is 0 Å². The molecule has 1 aromatic carbocycles. The third-order valence-corrected chi connectivity index (χ3v) is 5.19. The number of likely N-dealkylation sites (N-methyl/N-ethyl adjacent to an activating group) is 1. The highest BCUT2D eigenvalue weighted by molar-refractivity contribution is 6.30. The Kier molecular flexibility index (Phi) is 8.07. The summed E-state index contributed by atoms with van der Waals surface area (Å²) in [5.74, 6) is 0.722. The van der Waals surface area contributed by atoms with Gasteiger partial charge in [0.25, 0.3) is 0 Å². The largest absolute Gasteiger partial charge is 0.302 e. The minimum Gasteiger partial charge on any atom is -0.302 e. The zero-order valence-corrected chi connectivity index (χ0v) is 18.4. The Labute approximate surface area is 170 Å². The maximum absolute atomic E-state index is 6.08. The summed E-state index contributed by atoms with van der Waals surface area (Å²) in [5, 5.41) is 0.828. The summed E-state index contributed by atoms with van der Waals surface area (Å²) in [6, 6.07) is 10.4. The molecule has 3 heteroatoms. The molecule has 0 unspecified atom stereocenters. The predicted octanol–water partition coefficient (Wildman–Crippen LogP) is 6.35. The van der Waals surface area contributed by atoms with E-state index in [1.54, 1.807) is 0 Å². The average molecular weight is 385 g/mol. The molecule has 1 aliphatic heterocycles. The Morgan fingerprint density at radius 3 is 2.48 bits per heavy atom. The van der Waals surface area contributed by atoms with Gasteiger partial charge in [-0.2, -0.15) is 0 Å². The zero-order chi connectivity index (χ0) is 20.0. The van der Waals surface area contributed by atoms with Gasteiger partial charge in [0.15, 0.2) is 0 Å². The molecular weight excluding hydrogens is 352 g/mol. The fourth-order valence-electron chi connectivity index (χ4n) is 3.32. The van der Waals surface area contributed by atoms with Crippen molar-refractivity contribution in [3.63, 3.8) is 0 Å². The quantitative estimate of drug-likeness (QED) is 0.613. The average Bonchev–Trinajstić information content (AvgIpc) is 2.61. The number of halogens is 1. The Morgan fingerprint density at radius 2 is 1.85 bits per heavy atom. The second-order valence-electron chi connectivity index (χ2n) is 8.11. The molecule has 0 atom stereocenters. The number of benzene rings is 1. The number of rotatable bonds is 3. The maximum atomic E-state index is 6.08. The second kappa shape index (κ2) is 10.1. The number of aryl methyl sites for hydroxylation is 2. The standard InChI is InChI=1S/C14H18ClN.C10H15N/c1-10-4-5-12(15)8-13(10)14-9-16(3)7-6-11(14)2;1-8(2)6-10-5-4-9(3)11-7-10/h4-5,8H,6-7,9H2,1-3H3;4-5,7-8H,6H2,1-3H3. The number of hydrogen-bond acceptors (Lipinski definition) is 2. The molecule has 1 aromatic heterocycles. The van der Waals surface area contributed by atoms with Crippen molar-refractivity contribution < 1.29 is 0 Å². The first kappa shape index (κ1) is 21.7. The van der Waals surface area contributed by atoms with Crippen LogP contribution in [0.2, 0.25) is 5.02 Å². The molecule has 0 spiro atoms. The molecule has 0 aliphatic carbocycles. The summed E-state index contributed by atoms with van der Waals surface area (Å²) < 4.78 is 0. The molecule has 0 N–H and O–H groups in total. The highest BCUT2D eigenvalue weighted by Crippen LogP contribution is 2.29. The molecule has 146 valence electrons. The molecule has 0 saturated heterocycles. The van der Waals surface area contributed by atoms with Crippen molar-refractivity contribution in [3.8, 4) is 0 Å². The highest BCUT2D eigenvalue weighted by atomic mass is 35.5. The van der Waals surface area contributed by atoms with Gasteiger partial charge in [0, 0.05) is 30.0 Å². The van der Waals surface area contributed by atoms with Crippen molar-refractivity contribution >= 4 is 17.2 Å². The lowest BCUT2D eigenvalue weighted by Gasteiger charge is -2.27. The minimum atomic E-state index is 0.722. The van der Waals surface area contributed by atoms with Crippen LogP contribution in [-0.2, 0) is 6.42 Å². The first-order valence-electron chi connectivity index (χ1n) is 9.81. The number of hydrogen-bond donors (Lipinski definition) is 0. The van der Waals surface area contributed by atoms with Crippen LogP contribution in [0, 0.1) is 19.8 Å². The van der Waals surface area contributed by atoms with Crippen molar-refractivity contribution in [1.82, 2.24) is 9.88 Å². The monoisotopic (exact) mass is 384 g/mol. The first-order chi connectivity index (χ1) is 12.8. The van der Waals surface area contributed by atoms with Crippen LogP contribution in [0.25, 0.3) is 5.57 Å². The van der Waals surface area contributed by atoms with Gasteiger partial charge in [0.1, 0.15) is 0 Å². The molecule has 0 saturated carbocycles. The van der Waals surface area contributed by atoms with Crippen LogP contribution in [0.5, 0.6) is 0 Å². The summed E-state index contributed by atoms with van der Waals surface area (Å²) in [6.45, 7) is 13.0. The topological polar surface area (TPSA) is 16.1 Å². The Hall–Kier alpha value is -1.64. The molecule has 0 radical (unpaired) electrons. The second-order valence-corrected chi connectivity index (χ2v) is 8.55. The smallest absolute Gasteiger partial charge is 0.0412 e. The fraction of sp³-hybridized carbons (Fsp3) is 0.458. The summed E-state index contributed by atoms with van der Waals surface area (Å²) >= 11 is 6.08. The molecule has 27 heavy (non-hydrogen) atoms. The van der Waals surface area contributed by atoms with E-state index in [4.69, 9.17) is 11.6 Å². The van der Waals surface area contributed by atoms with Gasteiger partial charge >= 0.3 is 0 Å². The summed E-state index contributed by atoms with van der Waals surface area (Å²) in [6.07, 6.45) is 4.26. The summed E-state index contributed by atoms with van der Waals surface area (Å²) in [7, 11) is 2.17. The SMILES string of the molecule is CC1=C(c2cc(Cl)ccc2C)CN(C)CC1.Cc1ccc(CC(C)C)cn1. The lowest BCUT2D eigenvalue weighted by atomic mass is 9.92. The summed E-state index contributed by atoms with van der Waals surface area (Å²) in [4.78, 5) is 6.60. The normalized spacial score (nSPS) is 15.0. The van der Waals surface area contributed by atoms with Crippen LogP contribution in [0.1, 0.15) is 49.6 Å². The number of nitrogens with zero attached hydrogens (tertiary/aromatic N) is 2. The van der Waals surface area contributed by atoms with Crippen LogP contribution in [-0.4, -0.2) is 30.0 Å². The fourth-order valence-corrected chi connectivity index (χ4v) is 3.49. The van der Waals surface area contributed by atoms with Gasteiger partial charge in [-0.1, -0.05) is 43.2 Å². The first-order valence-corrected chi connectivity index (χ1v) is 10.2. The minimum absolute atomic E-state index is 0.722. The third-order valence-electron chi connectivity index (χ3n) is 4.95. The van der Waals surface area contributed by atoms with E-state index in [9.17, 15) is 0 Å². The molecule has 0 fully saturated rings. The molecule has 0 bridgehead atoms. The van der Waals surface area contributed by atoms with E-state index < -0.39 is 0 Å². The van der Waals surface area contributed by atoms with E-state index in [2.05, 4.69) is 68.9 Å². The van der Waals surface area contributed by atoms with Gasteiger partial charge in [-0.05, 0) is 87.0 Å². The van der Waals surface area contributed by atoms with E-state index >= 15 is 0 Å². The van der Waals surface area contributed by atoms with Crippen molar-refractivity contribution in [2.75, 3.05) is 20.1 Å². The van der Waals surface area contributed by atoms with Gasteiger partial charge in [-0.15, -0.1) is 0 Å². The molecule has 3 rings (SSSR count).